The fourth-order valence-corrected chi connectivity index (χ4v) is 2.03. The van der Waals surface area contributed by atoms with Crippen molar-refractivity contribution in [3.05, 3.63) is 62.6 Å². The number of methoxy groups -OCH3 is 1. The Kier molecular flexibility index (Phi) is 19.4. The van der Waals surface area contributed by atoms with E-state index in [1.54, 1.807) is 14.0 Å². The van der Waals surface area contributed by atoms with Gasteiger partial charge in [0.05, 0.1) is 7.11 Å². The Labute approximate surface area is 202 Å². The minimum absolute atomic E-state index is 0.776. The molecule has 2 aliphatic rings. The van der Waals surface area contributed by atoms with Crippen molar-refractivity contribution in [3.63, 3.8) is 0 Å². The van der Waals surface area contributed by atoms with E-state index in [9.17, 15) is 0 Å². The van der Waals surface area contributed by atoms with Gasteiger partial charge in [-0.1, -0.05) is 27.2 Å². The van der Waals surface area contributed by atoms with E-state index in [1.165, 1.54) is 12.5 Å². The van der Waals surface area contributed by atoms with Gasteiger partial charge in [-0.15, -0.1) is 19.4 Å². The third-order valence-electron chi connectivity index (χ3n) is 3.07. The van der Waals surface area contributed by atoms with Crippen LogP contribution in [-0.2, 0) is 17.3 Å². The molecular weight excluding hydrogens is 503 g/mol. The molecule has 0 bridgehead atoms. The van der Waals surface area contributed by atoms with Crippen molar-refractivity contribution >= 4 is 27.5 Å². The van der Waals surface area contributed by atoms with Crippen molar-refractivity contribution in [3.8, 4) is 11.8 Å². The Hall–Kier alpha value is -2.43. The third kappa shape index (κ3) is 12.8. The summed E-state index contributed by atoms with van der Waals surface area (Å²) in [5.74, 6) is 2.41. The fraction of sp³-hybridized carbons (Fsp3) is 0.333. The molecule has 0 aromatic carbocycles. The Morgan fingerprint density at radius 2 is 1.45 bits per heavy atom. The molecule has 0 unspecified atom stereocenters. The predicted molar refractivity (Wildman–Crippen MR) is 126 cm³/mol. The minimum atomic E-state index is 0.776. The van der Waals surface area contributed by atoms with Gasteiger partial charge in [0.1, 0.15) is 17.4 Å². The van der Waals surface area contributed by atoms with E-state index < -0.39 is 0 Å². The molecule has 0 saturated carbocycles. The molecule has 0 aliphatic carbocycles. The number of halogens is 1. The molecule has 8 nitrogen and oxygen atoms in total. The van der Waals surface area contributed by atoms with Crippen LogP contribution in [0.4, 0.5) is 11.6 Å². The Bertz CT molecular complexity index is 665. The summed E-state index contributed by atoms with van der Waals surface area (Å²) < 4.78 is 5.37. The van der Waals surface area contributed by atoms with Crippen LogP contribution in [0.3, 0.4) is 0 Å². The number of aromatic nitrogens is 1. The van der Waals surface area contributed by atoms with Crippen LogP contribution in [0.1, 0.15) is 27.2 Å². The molecule has 0 radical (unpaired) electrons. The van der Waals surface area contributed by atoms with Crippen LogP contribution >= 0.6 is 9.69 Å². The number of hydrogen-bond donors (Lipinski definition) is 0. The first kappa shape index (κ1) is 30.8. The quantitative estimate of drug-likeness (QED) is 0.311. The number of anilines is 2. The fourth-order valence-electron chi connectivity index (χ4n) is 2.03. The van der Waals surface area contributed by atoms with Crippen LogP contribution in [0.5, 0.6) is 5.75 Å². The zero-order valence-corrected chi connectivity index (χ0v) is 21.4. The van der Waals surface area contributed by atoms with E-state index in [1.807, 2.05) is 101 Å². The van der Waals surface area contributed by atoms with Gasteiger partial charge in [0.2, 0.25) is 0 Å². The Morgan fingerprint density at radius 3 is 1.68 bits per heavy atom. The van der Waals surface area contributed by atoms with E-state index in [0.29, 0.717) is 0 Å². The number of ether oxygens (including phenoxy) is 1. The van der Waals surface area contributed by atoms with Crippen LogP contribution in [0, 0.1) is 31.6 Å². The van der Waals surface area contributed by atoms with E-state index in [-0.39, 0.29) is 0 Å². The van der Waals surface area contributed by atoms with Crippen LogP contribution in [0.15, 0.2) is 36.9 Å². The number of nitriles is 1. The molecule has 31 heavy (non-hydrogen) atoms. The summed E-state index contributed by atoms with van der Waals surface area (Å²) in [5.41, 5.74) is 0. The molecule has 1 aromatic rings. The Balaban J connectivity index is 0. The summed E-state index contributed by atoms with van der Waals surface area (Å²) in [6, 6.07) is 5.32. The van der Waals surface area contributed by atoms with Gasteiger partial charge in [-0.05, 0) is 38.9 Å². The molecule has 0 atom stereocenters. The van der Waals surface area contributed by atoms with Gasteiger partial charge >= 0.3 is 27.0 Å². The zero-order chi connectivity index (χ0) is 24.2. The first-order chi connectivity index (χ1) is 14.9. The van der Waals surface area contributed by atoms with Gasteiger partial charge in [-0.3, -0.25) is 0 Å². The second kappa shape index (κ2) is 19.5. The molecule has 0 N–H and O–H groups in total. The molecule has 3 heterocycles. The molecule has 0 amide bonds. The van der Waals surface area contributed by atoms with Crippen molar-refractivity contribution in [2.24, 2.45) is 0 Å². The van der Waals surface area contributed by atoms with Gasteiger partial charge in [0.15, 0.2) is 0 Å². The number of pyridine rings is 1. The van der Waals surface area contributed by atoms with E-state index in [0.717, 1.165) is 23.6 Å². The molecule has 3 rings (SSSR count). The monoisotopic (exact) mass is 534 g/mol. The van der Waals surface area contributed by atoms with Gasteiger partial charge in [0, 0.05) is 12.1 Å². The summed E-state index contributed by atoms with van der Waals surface area (Å²) in [7, 11) is 10.2. The van der Waals surface area contributed by atoms with E-state index >= 15 is 0 Å². The summed E-state index contributed by atoms with van der Waals surface area (Å²) in [5, 5.41) is 14.7. The number of rotatable bonds is 3. The predicted octanol–water partition coefficient (Wildman–Crippen LogP) is 4.87. The van der Waals surface area contributed by atoms with Gasteiger partial charge in [-0.25, -0.2) is 16.5 Å². The van der Waals surface area contributed by atoms with Gasteiger partial charge in [0.25, 0.3) is 0 Å². The van der Waals surface area contributed by atoms with Crippen molar-refractivity contribution < 1.29 is 22.0 Å². The first-order valence-corrected chi connectivity index (χ1v) is 11.5. The molecule has 1 aromatic heterocycles. The van der Waals surface area contributed by atoms with Gasteiger partial charge < -0.3 is 36.7 Å². The van der Waals surface area contributed by atoms with Crippen LogP contribution in [0.2, 0.25) is 0 Å². The normalized spacial score (nSPS) is 12.7. The number of hydrogen-bond acceptors (Lipinski definition) is 7. The molecular formula is C21H31ClN7ORu-4. The molecule has 0 fully saturated rings. The molecule has 2 aliphatic heterocycles. The van der Waals surface area contributed by atoms with E-state index in [4.69, 9.17) is 15.4 Å². The second-order valence-corrected chi connectivity index (χ2v) is 5.82. The summed E-state index contributed by atoms with van der Waals surface area (Å²) in [4.78, 5) is 12.5. The summed E-state index contributed by atoms with van der Waals surface area (Å²) >= 11 is 1.82. The maximum absolute atomic E-state index is 7.44. The molecule has 0 saturated heterocycles. The topological polar surface area (TPSA) is 81.2 Å². The van der Waals surface area contributed by atoms with Crippen LogP contribution in [0.25, 0.3) is 5.41 Å². The van der Waals surface area contributed by atoms with Crippen molar-refractivity contribution in [2.45, 2.75) is 27.2 Å². The second-order valence-electron chi connectivity index (χ2n) is 5.82. The third-order valence-corrected chi connectivity index (χ3v) is 3.07. The van der Waals surface area contributed by atoms with Crippen molar-refractivity contribution in [1.29, 1.82) is 5.26 Å². The molecule has 175 valence electrons. The van der Waals surface area contributed by atoms with E-state index in [2.05, 4.69) is 35.4 Å². The SMILES string of the molecule is CC=[N-].CCC.COc1cc(N2C=CN(C)[CH-]2)nc(N2C=CN(C)[CH-]2)c1.[CH2-]C#N.[Cl][Ru]. The zero-order valence-electron chi connectivity index (χ0n) is 18.9. The van der Waals surface area contributed by atoms with Gasteiger partial charge in [-0.2, -0.15) is 0 Å². The van der Waals surface area contributed by atoms with Crippen molar-refractivity contribution in [2.75, 3.05) is 31.0 Å². The Morgan fingerprint density at radius 1 is 1.13 bits per heavy atom. The summed E-state index contributed by atoms with van der Waals surface area (Å²) in [6.45, 7) is 12.5. The maximum atomic E-state index is 7.44. The van der Waals surface area contributed by atoms with Crippen LogP contribution in [-0.4, -0.2) is 42.2 Å². The number of nitrogens with zero attached hydrogens (tertiary/aromatic N) is 7. The average molecular weight is 534 g/mol. The average Bonchev–Trinajstić information content (AvgIpc) is 3.39. The standard InChI is InChI=1S/C14H17N5O.C3H8.C2H4N.C2H2N.ClH.Ru/c1-16-4-6-18(10-16)13-8-12(20-3)9-14(15-13)19-7-5-17(2)11-19;1-3-2;2*1-2-3;;/h4-11H,1-3H3;3H2,1-2H3;2H,1H3;1H2;1H;/q-2;;2*-1;;+1/p-1. The summed E-state index contributed by atoms with van der Waals surface area (Å²) in [6.07, 6.45) is 10.1. The first-order valence-electron chi connectivity index (χ1n) is 9.25. The molecule has 10 heteroatoms. The van der Waals surface area contributed by atoms with Crippen molar-refractivity contribution in [1.82, 2.24) is 14.8 Å². The molecule has 0 spiro atoms. The van der Waals surface area contributed by atoms with Crippen LogP contribution < -0.4 is 14.5 Å².